The predicted octanol–water partition coefficient (Wildman–Crippen LogP) is 1.97. The van der Waals surface area contributed by atoms with Gasteiger partial charge in [-0.3, -0.25) is 14.5 Å². The van der Waals surface area contributed by atoms with Gasteiger partial charge in [-0.1, -0.05) is 30.3 Å². The van der Waals surface area contributed by atoms with E-state index in [9.17, 15) is 9.59 Å². The maximum atomic E-state index is 12.7. The molecule has 0 aromatic heterocycles. The summed E-state index contributed by atoms with van der Waals surface area (Å²) in [6.07, 6.45) is 0. The van der Waals surface area contributed by atoms with E-state index in [0.717, 1.165) is 16.9 Å². The number of ketones is 1. The minimum atomic E-state index is -0.243. The van der Waals surface area contributed by atoms with Crippen molar-refractivity contribution in [1.29, 1.82) is 0 Å². The van der Waals surface area contributed by atoms with E-state index in [1.807, 2.05) is 42.5 Å². The van der Waals surface area contributed by atoms with Gasteiger partial charge in [0, 0.05) is 16.8 Å². The molecular weight excluding hydrogens is 278 g/mol. The maximum Gasteiger partial charge on any atom is 0.262 e. The van der Waals surface area contributed by atoms with Gasteiger partial charge in [0.25, 0.3) is 5.91 Å². The zero-order valence-corrected chi connectivity index (χ0v) is 11.7. The number of rotatable bonds is 1. The Hall–Kier alpha value is -2.92. The van der Waals surface area contributed by atoms with Crippen LogP contribution in [0.3, 0.4) is 0 Å². The van der Waals surface area contributed by atoms with Crippen LogP contribution in [0.1, 0.15) is 15.9 Å². The van der Waals surface area contributed by atoms with Crippen LogP contribution in [0.2, 0.25) is 0 Å². The number of carbonyl (C=O) groups excluding carboxylic acids is 2. The van der Waals surface area contributed by atoms with Crippen LogP contribution in [0.25, 0.3) is 5.57 Å². The molecule has 2 heterocycles. The molecular formula is C17H13N3O2. The lowest BCUT2D eigenvalue weighted by Gasteiger charge is -2.13. The average Bonchev–Trinajstić information content (AvgIpc) is 3.01. The SMILES string of the molecule is NCN1C(=O)/C(=C2\Nc3ccccc3C2=O)c2ccccc21. The van der Waals surface area contributed by atoms with Crippen LogP contribution in [-0.2, 0) is 4.79 Å². The van der Waals surface area contributed by atoms with Gasteiger partial charge >= 0.3 is 0 Å². The molecule has 0 unspecified atom stereocenters. The Morgan fingerprint density at radius 2 is 1.64 bits per heavy atom. The third-order valence-electron chi connectivity index (χ3n) is 4.01. The number of nitrogens with two attached hydrogens (primary N) is 1. The molecule has 3 N–H and O–H groups in total. The molecule has 0 radical (unpaired) electrons. The number of hydrogen-bond donors (Lipinski definition) is 2. The molecule has 2 aliphatic rings. The van der Waals surface area contributed by atoms with Gasteiger partial charge in [0.05, 0.1) is 17.9 Å². The van der Waals surface area contributed by atoms with Gasteiger partial charge in [-0.15, -0.1) is 0 Å². The third kappa shape index (κ3) is 1.57. The maximum absolute atomic E-state index is 12.7. The largest absolute Gasteiger partial charge is 0.351 e. The number of hydrogen-bond acceptors (Lipinski definition) is 4. The molecule has 0 spiro atoms. The first-order valence-electron chi connectivity index (χ1n) is 6.98. The fraction of sp³-hybridized carbons (Fsp3) is 0.0588. The predicted molar refractivity (Wildman–Crippen MR) is 84.3 cm³/mol. The summed E-state index contributed by atoms with van der Waals surface area (Å²) in [6, 6.07) is 14.6. The summed E-state index contributed by atoms with van der Waals surface area (Å²) in [4.78, 5) is 26.8. The molecule has 2 aromatic rings. The highest BCUT2D eigenvalue weighted by Crippen LogP contribution is 2.41. The Kier molecular flexibility index (Phi) is 2.64. The fourth-order valence-corrected chi connectivity index (χ4v) is 3.00. The van der Waals surface area contributed by atoms with Crippen molar-refractivity contribution in [2.45, 2.75) is 0 Å². The monoisotopic (exact) mass is 291 g/mol. The average molecular weight is 291 g/mol. The Labute approximate surface area is 127 Å². The normalized spacial score (nSPS) is 19.2. The Bertz CT molecular complexity index is 854. The van der Waals surface area contributed by atoms with Crippen LogP contribution in [0.15, 0.2) is 54.2 Å². The molecule has 5 heteroatoms. The van der Waals surface area contributed by atoms with Crippen LogP contribution >= 0.6 is 0 Å². The van der Waals surface area contributed by atoms with Crippen molar-refractivity contribution in [3.05, 3.63) is 65.4 Å². The van der Waals surface area contributed by atoms with Crippen molar-refractivity contribution < 1.29 is 9.59 Å². The van der Waals surface area contributed by atoms with Crippen LogP contribution in [0.5, 0.6) is 0 Å². The fourth-order valence-electron chi connectivity index (χ4n) is 3.00. The first-order chi connectivity index (χ1) is 10.7. The lowest BCUT2D eigenvalue weighted by Crippen LogP contribution is -2.32. The van der Waals surface area contributed by atoms with Crippen LogP contribution < -0.4 is 16.0 Å². The topological polar surface area (TPSA) is 75.4 Å². The smallest absolute Gasteiger partial charge is 0.262 e. The molecule has 0 fully saturated rings. The molecule has 4 rings (SSSR count). The van der Waals surface area contributed by atoms with Crippen molar-refractivity contribution in [1.82, 2.24) is 0 Å². The lowest BCUT2D eigenvalue weighted by atomic mass is 10.0. The van der Waals surface area contributed by atoms with Crippen molar-refractivity contribution in [3.8, 4) is 0 Å². The van der Waals surface area contributed by atoms with Gasteiger partial charge in [-0.05, 0) is 18.2 Å². The summed E-state index contributed by atoms with van der Waals surface area (Å²) in [6.45, 7) is 0.0771. The number of benzene rings is 2. The zero-order valence-electron chi connectivity index (χ0n) is 11.7. The minimum Gasteiger partial charge on any atom is -0.351 e. The highest BCUT2D eigenvalue weighted by Gasteiger charge is 2.38. The molecule has 2 aliphatic heterocycles. The van der Waals surface area contributed by atoms with E-state index in [1.54, 1.807) is 6.07 Å². The second kappa shape index (κ2) is 4.54. The van der Waals surface area contributed by atoms with Crippen molar-refractivity contribution >= 4 is 28.6 Å². The Balaban J connectivity index is 1.94. The summed E-state index contributed by atoms with van der Waals surface area (Å²) in [7, 11) is 0. The van der Waals surface area contributed by atoms with Gasteiger partial charge in [-0.25, -0.2) is 0 Å². The number of allylic oxidation sites excluding steroid dienone is 1. The van der Waals surface area contributed by atoms with E-state index in [1.165, 1.54) is 4.90 Å². The van der Waals surface area contributed by atoms with E-state index in [-0.39, 0.29) is 18.4 Å². The summed E-state index contributed by atoms with van der Waals surface area (Å²) < 4.78 is 0. The van der Waals surface area contributed by atoms with Crippen LogP contribution in [0.4, 0.5) is 11.4 Å². The zero-order chi connectivity index (χ0) is 15.3. The second-order valence-electron chi connectivity index (χ2n) is 5.18. The molecule has 0 saturated heterocycles. The summed E-state index contributed by atoms with van der Waals surface area (Å²) >= 11 is 0. The van der Waals surface area contributed by atoms with E-state index < -0.39 is 0 Å². The number of carbonyl (C=O) groups is 2. The number of para-hydroxylation sites is 2. The number of Topliss-reactive ketones (excluding diaryl/α,β-unsaturated/α-hetero) is 1. The molecule has 0 aliphatic carbocycles. The van der Waals surface area contributed by atoms with Gasteiger partial charge < -0.3 is 11.1 Å². The summed E-state index contributed by atoms with van der Waals surface area (Å²) in [5.74, 6) is -0.403. The van der Waals surface area contributed by atoms with Crippen molar-refractivity contribution in [2.24, 2.45) is 5.73 Å². The quantitative estimate of drug-likeness (QED) is 0.788. The number of amides is 1. The molecule has 108 valence electrons. The molecule has 1 amide bonds. The standard InChI is InChI=1S/C17H13N3O2/c18-9-20-13-8-4-2-6-11(13)14(17(20)22)15-16(21)10-5-1-3-7-12(10)19-15/h1-8,19H,9,18H2/b15-14-. The molecule has 0 saturated carbocycles. The van der Waals surface area contributed by atoms with Crippen LogP contribution in [0, 0.1) is 0 Å². The van der Waals surface area contributed by atoms with Crippen LogP contribution in [-0.4, -0.2) is 18.4 Å². The number of fused-ring (bicyclic) bond motifs is 2. The van der Waals surface area contributed by atoms with Gasteiger partial charge in [0.15, 0.2) is 0 Å². The number of anilines is 2. The van der Waals surface area contributed by atoms with Gasteiger partial charge in [-0.2, -0.15) is 0 Å². The number of nitrogens with one attached hydrogen (secondary N) is 1. The lowest BCUT2D eigenvalue weighted by molar-refractivity contribution is -0.113. The molecule has 0 bridgehead atoms. The van der Waals surface area contributed by atoms with E-state index in [0.29, 0.717) is 16.8 Å². The van der Waals surface area contributed by atoms with Crippen molar-refractivity contribution in [3.63, 3.8) is 0 Å². The summed E-state index contributed by atoms with van der Waals surface area (Å²) in [5, 5.41) is 3.08. The Morgan fingerprint density at radius 3 is 2.36 bits per heavy atom. The third-order valence-corrected chi connectivity index (χ3v) is 4.01. The van der Waals surface area contributed by atoms with E-state index >= 15 is 0 Å². The van der Waals surface area contributed by atoms with E-state index in [4.69, 9.17) is 5.73 Å². The highest BCUT2D eigenvalue weighted by molar-refractivity contribution is 6.39. The summed E-state index contributed by atoms with van der Waals surface area (Å²) in [5.41, 5.74) is 9.20. The Morgan fingerprint density at radius 1 is 0.955 bits per heavy atom. The number of nitrogens with zero attached hydrogens (tertiary/aromatic N) is 1. The molecule has 22 heavy (non-hydrogen) atoms. The molecule has 2 aromatic carbocycles. The van der Waals surface area contributed by atoms with Crippen molar-refractivity contribution in [2.75, 3.05) is 16.9 Å². The molecule has 5 nitrogen and oxygen atoms in total. The highest BCUT2D eigenvalue weighted by atomic mass is 16.2. The molecule has 0 atom stereocenters. The van der Waals surface area contributed by atoms with E-state index in [2.05, 4.69) is 5.32 Å². The van der Waals surface area contributed by atoms with Gasteiger partial charge in [0.2, 0.25) is 5.78 Å². The second-order valence-corrected chi connectivity index (χ2v) is 5.18. The van der Waals surface area contributed by atoms with Gasteiger partial charge in [0.1, 0.15) is 5.70 Å². The first-order valence-corrected chi connectivity index (χ1v) is 6.98. The first kappa shape index (κ1) is 12.8. The minimum absolute atomic E-state index is 0.0771.